The molecule has 0 aromatic heterocycles. The molecule has 2 aliphatic rings. The lowest BCUT2D eigenvalue weighted by molar-refractivity contribution is -0.650. The number of hydrogen-bond acceptors (Lipinski definition) is 4. The van der Waals surface area contributed by atoms with Gasteiger partial charge in [-0.3, -0.25) is 0 Å². The summed E-state index contributed by atoms with van der Waals surface area (Å²) >= 11 is 0. The average Bonchev–Trinajstić information content (AvgIpc) is 3.45. The molecule has 4 heteroatoms. The highest BCUT2D eigenvalue weighted by molar-refractivity contribution is 5.49. The Morgan fingerprint density at radius 1 is 0.494 bits per heavy atom. The van der Waals surface area contributed by atoms with E-state index in [4.69, 9.17) is 19.9 Å². The van der Waals surface area contributed by atoms with E-state index in [0.29, 0.717) is 24.4 Å². The largest absolute Gasteiger partial charge is 0.204 e. The second-order valence-corrected chi connectivity index (χ2v) is 25.1. The van der Waals surface area contributed by atoms with E-state index < -0.39 is 5.60 Å². The summed E-state index contributed by atoms with van der Waals surface area (Å²) in [6.45, 7) is 12.3. The Bertz CT molecular complexity index is 1560. The first-order valence-electron chi connectivity index (χ1n) is 34.5. The molecule has 4 nitrogen and oxygen atoms in total. The SMILES string of the molecule is CCCCCCCC/C=C/CCCCCCCCCC(CCCCCCCCCC(C)CCCCCCCC)C(CCCCCCCCCCCC)COOOOC(C1=CCCC=C1)(C1=CCC(C)CC1)c1ccccc1. The van der Waals surface area contributed by atoms with Crippen LogP contribution in [0.15, 0.2) is 77.9 Å². The van der Waals surface area contributed by atoms with E-state index in [-0.39, 0.29) is 0 Å². The zero-order chi connectivity index (χ0) is 54.8. The van der Waals surface area contributed by atoms with Crippen molar-refractivity contribution in [3.05, 3.63) is 83.5 Å². The number of benzene rings is 1. The Kier molecular flexibility index (Phi) is 44.8. The maximum Gasteiger partial charge on any atom is 0.177 e. The van der Waals surface area contributed by atoms with E-state index >= 15 is 0 Å². The van der Waals surface area contributed by atoms with Gasteiger partial charge in [-0.1, -0.05) is 345 Å². The predicted molar refractivity (Wildman–Crippen MR) is 336 cm³/mol. The van der Waals surface area contributed by atoms with E-state index in [0.717, 1.165) is 49.2 Å². The van der Waals surface area contributed by atoms with Crippen LogP contribution in [0.2, 0.25) is 0 Å². The van der Waals surface area contributed by atoms with Crippen molar-refractivity contribution in [1.29, 1.82) is 0 Å². The molecule has 0 aliphatic heterocycles. The fourth-order valence-corrected chi connectivity index (χ4v) is 12.7. The molecule has 0 amide bonds. The summed E-state index contributed by atoms with van der Waals surface area (Å²) < 4.78 is 0. The third-order valence-electron chi connectivity index (χ3n) is 18.0. The van der Waals surface area contributed by atoms with Gasteiger partial charge in [0.15, 0.2) is 5.60 Å². The second kappa shape index (κ2) is 49.8. The average molecular weight is 1070 g/mol. The molecule has 1 aromatic rings. The minimum Gasteiger partial charge on any atom is -0.204 e. The number of allylic oxidation sites excluding steroid dienone is 5. The highest BCUT2D eigenvalue weighted by atomic mass is 17.7. The molecule has 77 heavy (non-hydrogen) atoms. The molecule has 0 radical (unpaired) electrons. The van der Waals surface area contributed by atoms with Crippen molar-refractivity contribution < 1.29 is 19.9 Å². The van der Waals surface area contributed by atoms with Gasteiger partial charge in [0, 0.05) is 0 Å². The Morgan fingerprint density at radius 3 is 1.38 bits per heavy atom. The zero-order valence-corrected chi connectivity index (χ0v) is 51.9. The second-order valence-electron chi connectivity index (χ2n) is 25.1. The van der Waals surface area contributed by atoms with Crippen molar-refractivity contribution in [2.75, 3.05) is 6.61 Å². The molecule has 0 spiro atoms. The van der Waals surface area contributed by atoms with Gasteiger partial charge in [-0.2, -0.15) is 4.89 Å². The monoisotopic (exact) mass is 1070 g/mol. The lowest BCUT2D eigenvalue weighted by atomic mass is 9.73. The Morgan fingerprint density at radius 2 is 0.935 bits per heavy atom. The fourth-order valence-electron chi connectivity index (χ4n) is 12.7. The maximum atomic E-state index is 6.64. The Labute approximate surface area is 479 Å². The summed E-state index contributed by atoms with van der Waals surface area (Å²) in [6, 6.07) is 10.7. The van der Waals surface area contributed by atoms with Crippen LogP contribution in [0.25, 0.3) is 0 Å². The first-order valence-corrected chi connectivity index (χ1v) is 34.5. The molecular weight excluding hydrogens is 941 g/mol. The van der Waals surface area contributed by atoms with Crippen LogP contribution in [0.4, 0.5) is 0 Å². The molecule has 0 saturated heterocycles. The first kappa shape index (κ1) is 69.3. The van der Waals surface area contributed by atoms with Gasteiger partial charge < -0.3 is 0 Å². The molecule has 5 atom stereocenters. The third-order valence-corrected chi connectivity index (χ3v) is 18.0. The summed E-state index contributed by atoms with van der Waals surface area (Å²) in [4.78, 5) is 12.8. The molecule has 0 heterocycles. The van der Waals surface area contributed by atoms with Gasteiger partial charge in [0.1, 0.15) is 0 Å². The molecule has 2 aliphatic carbocycles. The highest BCUT2D eigenvalue weighted by Crippen LogP contribution is 2.47. The van der Waals surface area contributed by atoms with Crippen molar-refractivity contribution in [2.24, 2.45) is 23.7 Å². The minimum atomic E-state index is -0.880. The molecule has 444 valence electrons. The molecule has 0 bridgehead atoms. The molecule has 1 aromatic carbocycles. The van der Waals surface area contributed by atoms with E-state index in [2.05, 4.69) is 101 Å². The molecule has 0 N–H and O–H groups in total. The number of unbranched alkanes of at least 4 members (excludes halogenated alkanes) is 33. The Hall–Kier alpha value is -1.98. The summed E-state index contributed by atoms with van der Waals surface area (Å²) in [5, 5.41) is 11.6. The lowest BCUT2D eigenvalue weighted by Gasteiger charge is -2.38. The van der Waals surface area contributed by atoms with Crippen LogP contribution in [0, 0.1) is 23.7 Å². The van der Waals surface area contributed by atoms with Crippen molar-refractivity contribution >= 4 is 0 Å². The van der Waals surface area contributed by atoms with E-state index in [1.54, 1.807) is 0 Å². The standard InChI is InChI=1S/C73H128O4/c1-6-9-12-15-18-20-22-23-24-25-26-27-28-30-33-38-45-54-68(55-46-39-35-31-32-37-44-53-66(4)52-43-36-17-14-11-8-3)69(56-47-40-34-29-21-19-16-13-10-7-2)65-74-76-77-75-73(70-57-48-41-49-58-70,71-59-50-42-51-60-71)72-63-61-67(5)62-64-72/h23-24,41,48-50,57-60,63,66-69H,6-22,25-40,42-47,51-56,61-62,64-65H2,1-5H3/b24-23+. The van der Waals surface area contributed by atoms with Crippen LogP contribution in [-0.2, 0) is 25.5 Å². The Balaban J connectivity index is 1.59. The van der Waals surface area contributed by atoms with E-state index in [9.17, 15) is 0 Å². The molecule has 0 fully saturated rings. The van der Waals surface area contributed by atoms with Crippen LogP contribution in [-0.4, -0.2) is 6.61 Å². The van der Waals surface area contributed by atoms with Crippen LogP contribution < -0.4 is 0 Å². The van der Waals surface area contributed by atoms with E-state index in [1.165, 1.54) is 282 Å². The zero-order valence-electron chi connectivity index (χ0n) is 51.9. The number of hydrogen-bond donors (Lipinski definition) is 0. The summed E-state index contributed by atoms with van der Waals surface area (Å²) in [5.74, 6) is 2.66. The molecule has 3 rings (SSSR count). The lowest BCUT2D eigenvalue weighted by Crippen LogP contribution is -2.36. The van der Waals surface area contributed by atoms with Gasteiger partial charge in [-0.05, 0) is 115 Å². The topological polar surface area (TPSA) is 36.9 Å². The van der Waals surface area contributed by atoms with Gasteiger partial charge in [0.05, 0.1) is 6.61 Å². The predicted octanol–water partition coefficient (Wildman–Crippen LogP) is 25.0. The van der Waals surface area contributed by atoms with Gasteiger partial charge in [0.25, 0.3) is 0 Å². The third kappa shape index (κ3) is 34.2. The van der Waals surface area contributed by atoms with Crippen LogP contribution in [0.5, 0.6) is 0 Å². The normalized spacial score (nSPS) is 16.9. The summed E-state index contributed by atoms with van der Waals surface area (Å²) in [7, 11) is 0. The minimum absolute atomic E-state index is 0.450. The fraction of sp³-hybridized carbons (Fsp3) is 0.808. The van der Waals surface area contributed by atoms with Gasteiger partial charge >= 0.3 is 0 Å². The van der Waals surface area contributed by atoms with Crippen LogP contribution in [0.3, 0.4) is 0 Å². The van der Waals surface area contributed by atoms with Crippen molar-refractivity contribution in [2.45, 2.75) is 348 Å². The number of rotatable bonds is 55. The first-order chi connectivity index (χ1) is 38.0. The van der Waals surface area contributed by atoms with Gasteiger partial charge in [0.2, 0.25) is 0 Å². The van der Waals surface area contributed by atoms with Crippen molar-refractivity contribution in [1.82, 2.24) is 0 Å². The van der Waals surface area contributed by atoms with E-state index in [1.807, 2.05) is 0 Å². The summed E-state index contributed by atoms with van der Waals surface area (Å²) in [5.41, 5.74) is 2.57. The quantitative estimate of drug-likeness (QED) is 0.0282. The smallest absolute Gasteiger partial charge is 0.177 e. The molecular formula is C73H128O4. The highest BCUT2D eigenvalue weighted by Gasteiger charge is 2.43. The van der Waals surface area contributed by atoms with Gasteiger partial charge in [-0.15, -0.1) is 0 Å². The van der Waals surface area contributed by atoms with Gasteiger partial charge in [-0.25, -0.2) is 4.89 Å². The van der Waals surface area contributed by atoms with Crippen molar-refractivity contribution in [3.63, 3.8) is 0 Å². The van der Waals surface area contributed by atoms with Crippen LogP contribution in [0.1, 0.15) is 348 Å². The molecule has 0 saturated carbocycles. The summed E-state index contributed by atoms with van der Waals surface area (Å²) in [6.07, 6.45) is 78.4. The molecule has 5 unspecified atom stereocenters. The maximum absolute atomic E-state index is 6.64. The van der Waals surface area contributed by atoms with Crippen LogP contribution >= 0.6 is 0 Å². The van der Waals surface area contributed by atoms with Crippen molar-refractivity contribution in [3.8, 4) is 0 Å².